The fourth-order valence-corrected chi connectivity index (χ4v) is 1.75. The number of carbonyl (C=O) groups is 1. The maximum atomic E-state index is 11.1. The van der Waals surface area contributed by atoms with Gasteiger partial charge in [-0.3, -0.25) is 4.79 Å². The Kier molecular flexibility index (Phi) is 4.25. The first-order valence-electron chi connectivity index (χ1n) is 6.23. The van der Waals surface area contributed by atoms with Crippen LogP contribution in [0.25, 0.3) is 5.82 Å². The lowest BCUT2D eigenvalue weighted by molar-refractivity contribution is 0.0995. The predicted molar refractivity (Wildman–Crippen MR) is 71.9 cm³/mol. The van der Waals surface area contributed by atoms with Crippen LogP contribution >= 0.6 is 0 Å². The van der Waals surface area contributed by atoms with E-state index in [-0.39, 0.29) is 5.69 Å². The number of rotatable bonds is 6. The van der Waals surface area contributed by atoms with E-state index in [9.17, 15) is 4.79 Å². The molecule has 0 aliphatic rings. The first-order chi connectivity index (χ1) is 9.22. The van der Waals surface area contributed by atoms with Crippen LogP contribution < -0.4 is 11.1 Å². The summed E-state index contributed by atoms with van der Waals surface area (Å²) in [6.07, 6.45) is 4.46. The number of pyridine rings is 1. The molecular formula is C13H17N5O. The molecule has 2 aromatic heterocycles. The number of aromatic nitrogens is 3. The quantitative estimate of drug-likeness (QED) is 0.754. The van der Waals surface area contributed by atoms with E-state index in [4.69, 9.17) is 5.73 Å². The maximum Gasteiger partial charge on any atom is 0.269 e. The van der Waals surface area contributed by atoms with Gasteiger partial charge in [-0.1, -0.05) is 13.0 Å². The highest BCUT2D eigenvalue weighted by Gasteiger charge is 2.09. The summed E-state index contributed by atoms with van der Waals surface area (Å²) < 4.78 is 1.57. The van der Waals surface area contributed by atoms with Gasteiger partial charge in [-0.2, -0.15) is 5.10 Å². The molecule has 19 heavy (non-hydrogen) atoms. The highest BCUT2D eigenvalue weighted by atomic mass is 16.1. The summed E-state index contributed by atoms with van der Waals surface area (Å²) in [5.74, 6) is 0.166. The van der Waals surface area contributed by atoms with Gasteiger partial charge in [0.05, 0.1) is 0 Å². The number of hydrogen-bond donors (Lipinski definition) is 2. The molecule has 0 aliphatic carbocycles. The summed E-state index contributed by atoms with van der Waals surface area (Å²) in [5.41, 5.74) is 6.45. The molecule has 0 spiro atoms. The summed E-state index contributed by atoms with van der Waals surface area (Å²) in [4.78, 5) is 15.4. The Morgan fingerprint density at radius 3 is 3.00 bits per heavy atom. The molecule has 0 aromatic carbocycles. The number of amides is 1. The van der Waals surface area contributed by atoms with E-state index in [0.717, 1.165) is 18.5 Å². The number of nitrogens with one attached hydrogen (secondary N) is 1. The SMILES string of the molecule is CCCNCc1cccnc1-n1ccc(C(N)=O)n1. The van der Waals surface area contributed by atoms with Gasteiger partial charge in [0.1, 0.15) is 5.69 Å². The average molecular weight is 259 g/mol. The van der Waals surface area contributed by atoms with Crippen molar-refractivity contribution in [1.82, 2.24) is 20.1 Å². The molecule has 0 radical (unpaired) electrons. The number of nitrogens with two attached hydrogens (primary N) is 1. The van der Waals surface area contributed by atoms with Crippen molar-refractivity contribution < 1.29 is 4.79 Å². The van der Waals surface area contributed by atoms with Crippen molar-refractivity contribution in [2.75, 3.05) is 6.54 Å². The van der Waals surface area contributed by atoms with Crippen molar-refractivity contribution in [1.29, 1.82) is 0 Å². The van der Waals surface area contributed by atoms with Crippen molar-refractivity contribution in [2.45, 2.75) is 19.9 Å². The zero-order valence-corrected chi connectivity index (χ0v) is 10.8. The molecule has 0 aliphatic heterocycles. The first kappa shape index (κ1) is 13.2. The zero-order chi connectivity index (χ0) is 13.7. The van der Waals surface area contributed by atoms with Gasteiger partial charge < -0.3 is 11.1 Å². The van der Waals surface area contributed by atoms with Crippen molar-refractivity contribution >= 4 is 5.91 Å². The van der Waals surface area contributed by atoms with E-state index in [1.54, 1.807) is 23.1 Å². The molecular weight excluding hydrogens is 242 g/mol. The van der Waals surface area contributed by atoms with E-state index >= 15 is 0 Å². The third-order valence-corrected chi connectivity index (χ3v) is 2.67. The second-order valence-corrected chi connectivity index (χ2v) is 4.17. The fraction of sp³-hybridized carbons (Fsp3) is 0.308. The number of nitrogens with zero attached hydrogens (tertiary/aromatic N) is 3. The van der Waals surface area contributed by atoms with Crippen molar-refractivity contribution in [3.8, 4) is 5.82 Å². The Morgan fingerprint density at radius 2 is 2.32 bits per heavy atom. The van der Waals surface area contributed by atoms with Crippen LogP contribution in [0.4, 0.5) is 0 Å². The molecule has 2 aromatic rings. The normalized spacial score (nSPS) is 10.6. The van der Waals surface area contributed by atoms with Gasteiger partial charge in [-0.25, -0.2) is 9.67 Å². The second-order valence-electron chi connectivity index (χ2n) is 4.17. The molecule has 0 saturated carbocycles. The van der Waals surface area contributed by atoms with Crippen LogP contribution in [0.5, 0.6) is 0 Å². The molecule has 0 fully saturated rings. The molecule has 2 heterocycles. The van der Waals surface area contributed by atoms with Crippen LogP contribution in [-0.2, 0) is 6.54 Å². The van der Waals surface area contributed by atoms with Gasteiger partial charge >= 0.3 is 0 Å². The summed E-state index contributed by atoms with van der Waals surface area (Å²) in [6, 6.07) is 5.45. The monoisotopic (exact) mass is 259 g/mol. The lowest BCUT2D eigenvalue weighted by atomic mass is 10.2. The third-order valence-electron chi connectivity index (χ3n) is 2.67. The molecule has 1 amide bonds. The molecule has 0 saturated heterocycles. The van der Waals surface area contributed by atoms with Gasteiger partial charge in [0.2, 0.25) is 0 Å². The number of primary amides is 1. The van der Waals surface area contributed by atoms with E-state index in [1.807, 2.05) is 12.1 Å². The van der Waals surface area contributed by atoms with Crippen molar-refractivity contribution in [3.63, 3.8) is 0 Å². The lowest BCUT2D eigenvalue weighted by Gasteiger charge is -2.08. The number of hydrogen-bond acceptors (Lipinski definition) is 4. The third kappa shape index (κ3) is 3.17. The highest BCUT2D eigenvalue weighted by Crippen LogP contribution is 2.11. The van der Waals surface area contributed by atoms with Crippen molar-refractivity contribution in [3.05, 3.63) is 41.9 Å². The lowest BCUT2D eigenvalue weighted by Crippen LogP contribution is -2.17. The number of carbonyl (C=O) groups excluding carboxylic acids is 1. The largest absolute Gasteiger partial charge is 0.364 e. The molecule has 0 unspecified atom stereocenters. The minimum Gasteiger partial charge on any atom is -0.364 e. The predicted octanol–water partition coefficient (Wildman–Crippen LogP) is 0.866. The van der Waals surface area contributed by atoms with Crippen molar-refractivity contribution in [2.24, 2.45) is 5.73 Å². The van der Waals surface area contributed by atoms with Gasteiger partial charge in [-0.15, -0.1) is 0 Å². The second kappa shape index (κ2) is 6.10. The standard InChI is InChI=1S/C13H17N5O/c1-2-6-15-9-10-4-3-7-16-13(10)18-8-5-11(17-18)12(14)19/h3-5,7-8,15H,2,6,9H2,1H3,(H2,14,19). The van der Waals surface area contributed by atoms with E-state index < -0.39 is 5.91 Å². The summed E-state index contributed by atoms with van der Waals surface area (Å²) in [7, 11) is 0. The Balaban J connectivity index is 2.25. The van der Waals surface area contributed by atoms with Gasteiger partial charge in [0, 0.05) is 24.5 Å². The minimum absolute atomic E-state index is 0.234. The van der Waals surface area contributed by atoms with Crippen LogP contribution in [-0.4, -0.2) is 27.2 Å². The summed E-state index contributed by atoms with van der Waals surface area (Å²) in [6.45, 7) is 3.77. The summed E-state index contributed by atoms with van der Waals surface area (Å²) in [5, 5.41) is 7.44. The Hall–Kier alpha value is -2.21. The van der Waals surface area contributed by atoms with Gasteiger partial charge in [0.15, 0.2) is 5.82 Å². The Labute approximate surface area is 111 Å². The molecule has 2 rings (SSSR count). The van der Waals surface area contributed by atoms with Crippen LogP contribution in [0, 0.1) is 0 Å². The topological polar surface area (TPSA) is 85.8 Å². The Morgan fingerprint density at radius 1 is 1.47 bits per heavy atom. The summed E-state index contributed by atoms with van der Waals surface area (Å²) >= 11 is 0. The molecule has 0 bridgehead atoms. The minimum atomic E-state index is -0.541. The molecule has 100 valence electrons. The van der Waals surface area contributed by atoms with Crippen LogP contribution in [0.1, 0.15) is 29.4 Å². The maximum absolute atomic E-state index is 11.1. The zero-order valence-electron chi connectivity index (χ0n) is 10.8. The average Bonchev–Trinajstić information content (AvgIpc) is 2.89. The Bertz CT molecular complexity index is 564. The highest BCUT2D eigenvalue weighted by molar-refractivity contribution is 5.90. The van der Waals surface area contributed by atoms with Crippen LogP contribution in [0.2, 0.25) is 0 Å². The molecule has 6 heteroatoms. The fourth-order valence-electron chi connectivity index (χ4n) is 1.75. The van der Waals surface area contributed by atoms with E-state index in [2.05, 4.69) is 22.3 Å². The van der Waals surface area contributed by atoms with E-state index in [0.29, 0.717) is 12.4 Å². The smallest absolute Gasteiger partial charge is 0.269 e. The molecule has 6 nitrogen and oxygen atoms in total. The van der Waals surface area contributed by atoms with Crippen LogP contribution in [0.15, 0.2) is 30.6 Å². The van der Waals surface area contributed by atoms with Gasteiger partial charge in [-0.05, 0) is 25.1 Å². The van der Waals surface area contributed by atoms with Gasteiger partial charge in [0.25, 0.3) is 5.91 Å². The first-order valence-corrected chi connectivity index (χ1v) is 6.23. The molecule has 0 atom stereocenters. The van der Waals surface area contributed by atoms with Crippen LogP contribution in [0.3, 0.4) is 0 Å². The molecule has 3 N–H and O–H groups in total. The van der Waals surface area contributed by atoms with E-state index in [1.165, 1.54) is 0 Å².